The largest absolute Gasteiger partial charge is 0.249 e. The number of hydrogen-bond acceptors (Lipinski definition) is 1. The van der Waals surface area contributed by atoms with Crippen molar-refractivity contribution >= 4 is 11.6 Å². The van der Waals surface area contributed by atoms with Crippen LogP contribution in [0.1, 0.15) is 36.1 Å². The maximum absolute atomic E-state index is 6.47. The van der Waals surface area contributed by atoms with Crippen molar-refractivity contribution in [1.82, 2.24) is 9.78 Å². The second kappa shape index (κ2) is 5.15. The van der Waals surface area contributed by atoms with Gasteiger partial charge in [0, 0.05) is 5.56 Å². The number of benzene rings is 1. The van der Waals surface area contributed by atoms with E-state index < -0.39 is 0 Å². The minimum Gasteiger partial charge on any atom is -0.249 e. The van der Waals surface area contributed by atoms with Gasteiger partial charge < -0.3 is 0 Å². The number of hydrogen-bond donors (Lipinski definition) is 0. The molecule has 3 heteroatoms. The molecule has 0 aliphatic heterocycles. The van der Waals surface area contributed by atoms with Crippen molar-refractivity contribution in [3.8, 4) is 0 Å². The maximum atomic E-state index is 6.47. The third kappa shape index (κ3) is 2.30. The average Bonchev–Trinajstić information content (AvgIpc) is 2.58. The van der Waals surface area contributed by atoms with Crippen LogP contribution in [0.3, 0.4) is 0 Å². The Kier molecular flexibility index (Phi) is 3.37. The third-order valence-corrected chi connectivity index (χ3v) is 4.00. The highest BCUT2D eigenvalue weighted by Crippen LogP contribution is 2.27. The van der Waals surface area contributed by atoms with E-state index in [4.69, 9.17) is 16.7 Å². The minimum atomic E-state index is 0.771. The molecule has 0 spiro atoms. The van der Waals surface area contributed by atoms with Crippen molar-refractivity contribution in [3.05, 3.63) is 52.3 Å². The lowest BCUT2D eigenvalue weighted by molar-refractivity contribution is 0.647. The van der Waals surface area contributed by atoms with Crippen molar-refractivity contribution in [1.29, 1.82) is 0 Å². The average molecular weight is 261 g/mol. The summed E-state index contributed by atoms with van der Waals surface area (Å²) in [7, 11) is 0. The SMILES string of the molecule is Clc1c2c(nn1Cc1ccccc1)CCCCC2. The summed E-state index contributed by atoms with van der Waals surface area (Å²) >= 11 is 6.47. The van der Waals surface area contributed by atoms with Gasteiger partial charge in [-0.15, -0.1) is 0 Å². The van der Waals surface area contributed by atoms with Gasteiger partial charge in [-0.05, 0) is 31.2 Å². The molecule has 1 heterocycles. The second-order valence-corrected chi connectivity index (χ2v) is 5.28. The Morgan fingerprint density at radius 3 is 2.67 bits per heavy atom. The summed E-state index contributed by atoms with van der Waals surface area (Å²) in [5.41, 5.74) is 3.75. The number of aryl methyl sites for hydroxylation is 1. The van der Waals surface area contributed by atoms with Gasteiger partial charge in [-0.3, -0.25) is 0 Å². The van der Waals surface area contributed by atoms with E-state index in [2.05, 4.69) is 24.3 Å². The summed E-state index contributed by atoms with van der Waals surface area (Å²) in [5, 5.41) is 5.53. The van der Waals surface area contributed by atoms with Gasteiger partial charge in [-0.1, -0.05) is 48.4 Å². The molecule has 18 heavy (non-hydrogen) atoms. The lowest BCUT2D eigenvalue weighted by atomic mass is 10.1. The molecule has 0 amide bonds. The molecule has 0 radical (unpaired) electrons. The van der Waals surface area contributed by atoms with Crippen molar-refractivity contribution < 1.29 is 0 Å². The van der Waals surface area contributed by atoms with Crippen LogP contribution in [-0.2, 0) is 19.4 Å². The van der Waals surface area contributed by atoms with Crippen LogP contribution in [0.4, 0.5) is 0 Å². The Balaban J connectivity index is 1.89. The predicted octanol–water partition coefficient (Wildman–Crippen LogP) is 3.85. The molecule has 1 aromatic carbocycles. The van der Waals surface area contributed by atoms with Gasteiger partial charge in [0.2, 0.25) is 0 Å². The third-order valence-electron chi connectivity index (χ3n) is 3.58. The molecule has 1 aromatic heterocycles. The zero-order valence-electron chi connectivity index (χ0n) is 10.4. The number of aromatic nitrogens is 2. The van der Waals surface area contributed by atoms with Crippen LogP contribution in [-0.4, -0.2) is 9.78 Å². The topological polar surface area (TPSA) is 17.8 Å². The van der Waals surface area contributed by atoms with Gasteiger partial charge in [0.05, 0.1) is 12.2 Å². The standard InChI is InChI=1S/C15H17ClN2/c16-15-13-9-5-2-6-10-14(13)17-18(15)11-12-7-3-1-4-8-12/h1,3-4,7-8H,2,5-6,9-11H2. The van der Waals surface area contributed by atoms with Crippen LogP contribution in [0.2, 0.25) is 5.15 Å². The zero-order valence-corrected chi connectivity index (χ0v) is 11.2. The monoisotopic (exact) mass is 260 g/mol. The molecule has 1 aliphatic carbocycles. The summed E-state index contributed by atoms with van der Waals surface area (Å²) in [5.74, 6) is 0. The van der Waals surface area contributed by atoms with Gasteiger partial charge in [-0.25, -0.2) is 4.68 Å². The first-order chi connectivity index (χ1) is 8.84. The predicted molar refractivity (Wildman–Crippen MR) is 74.0 cm³/mol. The van der Waals surface area contributed by atoms with E-state index in [1.165, 1.54) is 36.1 Å². The summed E-state index contributed by atoms with van der Waals surface area (Å²) in [4.78, 5) is 0. The van der Waals surface area contributed by atoms with Crippen LogP contribution in [0.5, 0.6) is 0 Å². The fourth-order valence-corrected chi connectivity index (χ4v) is 2.91. The van der Waals surface area contributed by atoms with Gasteiger partial charge in [0.1, 0.15) is 5.15 Å². The first-order valence-electron chi connectivity index (χ1n) is 6.62. The molecular weight excluding hydrogens is 244 g/mol. The van der Waals surface area contributed by atoms with Crippen LogP contribution in [0.25, 0.3) is 0 Å². The summed E-state index contributed by atoms with van der Waals surface area (Å²) in [6, 6.07) is 10.4. The number of halogens is 1. The number of nitrogens with zero attached hydrogens (tertiary/aromatic N) is 2. The molecule has 2 aromatic rings. The highest BCUT2D eigenvalue weighted by molar-refractivity contribution is 6.30. The highest BCUT2D eigenvalue weighted by atomic mass is 35.5. The molecule has 0 bridgehead atoms. The Hall–Kier alpha value is -1.28. The van der Waals surface area contributed by atoms with Crippen molar-refractivity contribution in [3.63, 3.8) is 0 Å². The van der Waals surface area contributed by atoms with E-state index in [0.717, 1.165) is 24.5 Å². The van der Waals surface area contributed by atoms with Gasteiger partial charge in [0.25, 0.3) is 0 Å². The van der Waals surface area contributed by atoms with Crippen molar-refractivity contribution in [2.45, 2.75) is 38.6 Å². The fourth-order valence-electron chi connectivity index (χ4n) is 2.61. The molecule has 3 rings (SSSR count). The normalized spacial score (nSPS) is 15.2. The number of fused-ring (bicyclic) bond motifs is 1. The number of rotatable bonds is 2. The smallest absolute Gasteiger partial charge is 0.130 e. The van der Waals surface area contributed by atoms with Gasteiger partial charge in [0.15, 0.2) is 0 Å². The van der Waals surface area contributed by atoms with E-state index >= 15 is 0 Å². The second-order valence-electron chi connectivity index (χ2n) is 4.92. The van der Waals surface area contributed by atoms with Crippen molar-refractivity contribution in [2.24, 2.45) is 0 Å². The Morgan fingerprint density at radius 1 is 1.06 bits per heavy atom. The lowest BCUT2D eigenvalue weighted by Crippen LogP contribution is -2.02. The van der Waals surface area contributed by atoms with Crippen molar-refractivity contribution in [2.75, 3.05) is 0 Å². The summed E-state index contributed by atoms with van der Waals surface area (Å²) < 4.78 is 1.95. The molecule has 0 fully saturated rings. The van der Waals surface area contributed by atoms with E-state index in [0.29, 0.717) is 0 Å². The first kappa shape index (κ1) is 11.8. The molecule has 2 nitrogen and oxygen atoms in total. The van der Waals surface area contributed by atoms with Crippen LogP contribution < -0.4 is 0 Å². The van der Waals surface area contributed by atoms with Crippen LogP contribution in [0, 0.1) is 0 Å². The lowest BCUT2D eigenvalue weighted by Gasteiger charge is -2.04. The minimum absolute atomic E-state index is 0.771. The van der Waals surface area contributed by atoms with Gasteiger partial charge >= 0.3 is 0 Å². The van der Waals surface area contributed by atoms with Gasteiger partial charge in [-0.2, -0.15) is 5.10 Å². The highest BCUT2D eigenvalue weighted by Gasteiger charge is 2.18. The van der Waals surface area contributed by atoms with E-state index in [1.807, 2.05) is 10.7 Å². The first-order valence-corrected chi connectivity index (χ1v) is 7.00. The fraction of sp³-hybridized carbons (Fsp3) is 0.400. The van der Waals surface area contributed by atoms with E-state index in [9.17, 15) is 0 Å². The molecule has 0 saturated heterocycles. The summed E-state index contributed by atoms with van der Waals surface area (Å²) in [6.45, 7) is 0.771. The zero-order chi connectivity index (χ0) is 12.4. The Morgan fingerprint density at radius 2 is 1.83 bits per heavy atom. The van der Waals surface area contributed by atoms with Crippen LogP contribution >= 0.6 is 11.6 Å². The van der Waals surface area contributed by atoms with E-state index in [1.54, 1.807) is 0 Å². The Labute approximate surface area is 113 Å². The Bertz CT molecular complexity index is 531. The summed E-state index contributed by atoms with van der Waals surface area (Å²) in [6.07, 6.45) is 5.95. The maximum Gasteiger partial charge on any atom is 0.130 e. The molecule has 94 valence electrons. The molecule has 0 N–H and O–H groups in total. The van der Waals surface area contributed by atoms with Crippen LogP contribution in [0.15, 0.2) is 30.3 Å². The van der Waals surface area contributed by atoms with E-state index in [-0.39, 0.29) is 0 Å². The molecule has 0 saturated carbocycles. The molecule has 1 aliphatic rings. The quantitative estimate of drug-likeness (QED) is 0.750. The molecule has 0 unspecified atom stereocenters. The molecular formula is C15H17ClN2. The molecule has 0 atom stereocenters.